The number of ether oxygens (including phenoxy) is 2. The molecule has 2 aromatic carbocycles. The van der Waals surface area contributed by atoms with Crippen LogP contribution in [0, 0.1) is 6.92 Å². The third kappa shape index (κ3) is 4.85. The van der Waals surface area contributed by atoms with Crippen LogP contribution >= 0.6 is 0 Å². The first-order valence-corrected chi connectivity index (χ1v) is 7.23. The summed E-state index contributed by atoms with van der Waals surface area (Å²) in [6, 6.07) is 16.5. The van der Waals surface area contributed by atoms with Gasteiger partial charge in [-0.1, -0.05) is 36.4 Å². The Morgan fingerprint density at radius 2 is 1.61 bits per heavy atom. The number of nitrogens with zero attached hydrogens (tertiary/aromatic N) is 1. The van der Waals surface area contributed by atoms with Crippen molar-refractivity contribution in [1.82, 2.24) is 0 Å². The average Bonchev–Trinajstić information content (AvgIpc) is 2.59. The first-order valence-electron chi connectivity index (χ1n) is 7.23. The number of anilines is 1. The Bertz CT molecular complexity index is 670. The summed E-state index contributed by atoms with van der Waals surface area (Å²) >= 11 is 0. The zero-order valence-electron chi connectivity index (χ0n) is 13.2. The van der Waals surface area contributed by atoms with Gasteiger partial charge >= 0.3 is 5.97 Å². The number of hydrogen-bond acceptors (Lipinski definition) is 4. The second-order valence-electron chi connectivity index (χ2n) is 5.00. The lowest BCUT2D eigenvalue weighted by Crippen LogP contribution is -2.31. The summed E-state index contributed by atoms with van der Waals surface area (Å²) in [5, 5.41) is 0. The summed E-state index contributed by atoms with van der Waals surface area (Å²) in [7, 11) is 1.63. The van der Waals surface area contributed by atoms with Gasteiger partial charge in [-0.3, -0.25) is 4.79 Å². The summed E-state index contributed by atoms with van der Waals surface area (Å²) in [4.78, 5) is 25.1. The van der Waals surface area contributed by atoms with Crippen molar-refractivity contribution < 1.29 is 19.1 Å². The maximum atomic E-state index is 12.0. The zero-order valence-corrected chi connectivity index (χ0v) is 13.2. The Morgan fingerprint density at radius 1 is 0.957 bits per heavy atom. The van der Waals surface area contributed by atoms with Crippen LogP contribution in [0.5, 0.6) is 5.75 Å². The summed E-state index contributed by atoms with van der Waals surface area (Å²) in [6.07, 6.45) is 0. The van der Waals surface area contributed by atoms with Crippen molar-refractivity contribution in [3.05, 3.63) is 60.2 Å². The molecule has 0 fully saturated rings. The van der Waals surface area contributed by atoms with Gasteiger partial charge in [-0.2, -0.15) is 0 Å². The minimum atomic E-state index is -0.580. The van der Waals surface area contributed by atoms with Gasteiger partial charge in [0.1, 0.15) is 5.75 Å². The van der Waals surface area contributed by atoms with Crippen LogP contribution in [0.2, 0.25) is 0 Å². The summed E-state index contributed by atoms with van der Waals surface area (Å²) < 4.78 is 10.3. The van der Waals surface area contributed by atoms with Crippen molar-refractivity contribution in [3.8, 4) is 5.75 Å². The van der Waals surface area contributed by atoms with E-state index in [4.69, 9.17) is 9.47 Å². The SMILES string of the molecule is Cc1ccccc1OCC(=O)OCC(=O)N(C)c1ccccc1. The molecule has 23 heavy (non-hydrogen) atoms. The molecule has 0 saturated carbocycles. The highest BCUT2D eigenvalue weighted by atomic mass is 16.6. The van der Waals surface area contributed by atoms with E-state index in [0.29, 0.717) is 5.75 Å². The number of benzene rings is 2. The summed E-state index contributed by atoms with van der Waals surface area (Å²) in [5.74, 6) is -0.263. The van der Waals surface area contributed by atoms with E-state index in [2.05, 4.69) is 0 Å². The van der Waals surface area contributed by atoms with Crippen LogP contribution in [-0.2, 0) is 14.3 Å². The standard InChI is InChI=1S/C18H19NO4/c1-14-8-6-7-11-16(14)22-13-18(21)23-12-17(20)19(2)15-9-4-3-5-10-15/h3-11H,12-13H2,1-2H3. The number of esters is 1. The van der Waals surface area contributed by atoms with E-state index < -0.39 is 5.97 Å². The van der Waals surface area contributed by atoms with E-state index in [1.807, 2.05) is 43.3 Å². The number of carbonyl (C=O) groups is 2. The molecule has 0 spiro atoms. The van der Waals surface area contributed by atoms with Crippen LogP contribution in [0.1, 0.15) is 5.56 Å². The van der Waals surface area contributed by atoms with Gasteiger partial charge in [-0.15, -0.1) is 0 Å². The van der Waals surface area contributed by atoms with Crippen molar-refractivity contribution in [2.24, 2.45) is 0 Å². The number of aryl methyl sites for hydroxylation is 1. The van der Waals surface area contributed by atoms with Crippen LogP contribution in [0.15, 0.2) is 54.6 Å². The molecule has 5 heteroatoms. The minimum Gasteiger partial charge on any atom is -0.482 e. The van der Waals surface area contributed by atoms with E-state index in [9.17, 15) is 9.59 Å². The second kappa shape index (κ2) is 7.98. The molecule has 2 rings (SSSR count). The first kappa shape index (κ1) is 16.5. The lowest BCUT2D eigenvalue weighted by Gasteiger charge is -2.17. The maximum Gasteiger partial charge on any atom is 0.344 e. The monoisotopic (exact) mass is 313 g/mol. The number of amides is 1. The van der Waals surface area contributed by atoms with Gasteiger partial charge in [0.25, 0.3) is 5.91 Å². The molecule has 1 amide bonds. The molecule has 0 aromatic heterocycles. The van der Waals surface area contributed by atoms with Crippen LogP contribution < -0.4 is 9.64 Å². The molecule has 0 atom stereocenters. The number of carbonyl (C=O) groups excluding carboxylic acids is 2. The van der Waals surface area contributed by atoms with Crippen LogP contribution in [0.4, 0.5) is 5.69 Å². The van der Waals surface area contributed by atoms with Crippen molar-refractivity contribution in [3.63, 3.8) is 0 Å². The largest absolute Gasteiger partial charge is 0.482 e. The molecular weight excluding hydrogens is 294 g/mol. The number of hydrogen-bond donors (Lipinski definition) is 0. The van der Waals surface area contributed by atoms with E-state index >= 15 is 0 Å². The van der Waals surface area contributed by atoms with Crippen molar-refractivity contribution >= 4 is 17.6 Å². The van der Waals surface area contributed by atoms with Crippen molar-refractivity contribution in [2.75, 3.05) is 25.2 Å². The van der Waals surface area contributed by atoms with Crippen LogP contribution in [0.25, 0.3) is 0 Å². The molecule has 0 unspecified atom stereocenters. The van der Waals surface area contributed by atoms with Crippen molar-refractivity contribution in [1.29, 1.82) is 0 Å². The van der Waals surface area contributed by atoms with E-state index in [1.54, 1.807) is 25.2 Å². The van der Waals surface area contributed by atoms with E-state index in [-0.39, 0.29) is 19.1 Å². The molecule has 0 radical (unpaired) electrons. The Morgan fingerprint density at radius 3 is 2.30 bits per heavy atom. The molecule has 0 bridgehead atoms. The van der Waals surface area contributed by atoms with Gasteiger partial charge in [0.15, 0.2) is 13.2 Å². The summed E-state index contributed by atoms with van der Waals surface area (Å²) in [5.41, 5.74) is 1.67. The van der Waals surface area contributed by atoms with Crippen LogP contribution in [-0.4, -0.2) is 32.1 Å². The van der Waals surface area contributed by atoms with Gasteiger partial charge in [0.2, 0.25) is 0 Å². The first-order chi connectivity index (χ1) is 11.1. The molecule has 120 valence electrons. The highest BCUT2D eigenvalue weighted by Crippen LogP contribution is 2.16. The van der Waals surface area contributed by atoms with E-state index in [1.165, 1.54) is 4.90 Å². The van der Waals surface area contributed by atoms with E-state index in [0.717, 1.165) is 11.3 Å². The molecule has 0 saturated heterocycles. The van der Waals surface area contributed by atoms with Gasteiger partial charge in [0.05, 0.1) is 0 Å². The fourth-order valence-corrected chi connectivity index (χ4v) is 1.93. The van der Waals surface area contributed by atoms with Gasteiger partial charge in [0, 0.05) is 12.7 Å². The molecule has 0 aliphatic heterocycles. The van der Waals surface area contributed by atoms with Gasteiger partial charge in [-0.25, -0.2) is 4.79 Å². The lowest BCUT2D eigenvalue weighted by atomic mass is 10.2. The van der Waals surface area contributed by atoms with Gasteiger partial charge in [-0.05, 0) is 30.7 Å². The predicted molar refractivity (Wildman–Crippen MR) is 87.5 cm³/mol. The topological polar surface area (TPSA) is 55.8 Å². The fraction of sp³-hybridized carbons (Fsp3) is 0.222. The lowest BCUT2D eigenvalue weighted by molar-refractivity contribution is -0.149. The minimum absolute atomic E-state index is 0.229. The molecule has 0 heterocycles. The molecular formula is C18H19NO4. The maximum absolute atomic E-state index is 12.0. The smallest absolute Gasteiger partial charge is 0.344 e. The molecule has 0 aliphatic rings. The number of likely N-dealkylation sites (N-methyl/N-ethyl adjacent to an activating group) is 1. The molecule has 0 aliphatic carbocycles. The number of para-hydroxylation sites is 2. The molecule has 5 nitrogen and oxygen atoms in total. The quantitative estimate of drug-likeness (QED) is 0.769. The zero-order chi connectivity index (χ0) is 16.7. The Hall–Kier alpha value is -2.82. The molecule has 2 aromatic rings. The predicted octanol–water partition coefficient (Wildman–Crippen LogP) is 2.58. The highest BCUT2D eigenvalue weighted by molar-refractivity contribution is 5.94. The Labute approximate surface area is 135 Å². The van der Waals surface area contributed by atoms with Gasteiger partial charge < -0.3 is 14.4 Å². The highest BCUT2D eigenvalue weighted by Gasteiger charge is 2.14. The van der Waals surface area contributed by atoms with Crippen LogP contribution in [0.3, 0.4) is 0 Å². The number of rotatable bonds is 6. The fourth-order valence-electron chi connectivity index (χ4n) is 1.93. The summed E-state index contributed by atoms with van der Waals surface area (Å²) in [6.45, 7) is 1.34. The third-order valence-corrected chi connectivity index (χ3v) is 3.31. The Kier molecular flexibility index (Phi) is 5.74. The molecule has 0 N–H and O–H groups in total. The van der Waals surface area contributed by atoms with Crippen molar-refractivity contribution in [2.45, 2.75) is 6.92 Å². The average molecular weight is 313 g/mol. The Balaban J connectivity index is 1.78. The normalized spacial score (nSPS) is 10.0. The second-order valence-corrected chi connectivity index (χ2v) is 5.00. The third-order valence-electron chi connectivity index (χ3n) is 3.31.